The first kappa shape index (κ1) is 12.3. The van der Waals surface area contributed by atoms with Gasteiger partial charge in [-0.1, -0.05) is 37.3 Å². The summed E-state index contributed by atoms with van der Waals surface area (Å²) >= 11 is 0. The second-order valence-electron chi connectivity index (χ2n) is 4.49. The summed E-state index contributed by atoms with van der Waals surface area (Å²) in [6, 6.07) is 8.28. The van der Waals surface area contributed by atoms with Crippen molar-refractivity contribution < 1.29 is 13.5 Å². The zero-order valence-electron chi connectivity index (χ0n) is 9.65. The molecule has 1 aromatic rings. The molecule has 0 amide bonds. The largest absolute Gasteiger partial charge is 0.391 e. The molecule has 0 bridgehead atoms. The Kier molecular flexibility index (Phi) is 3.35. The topological polar surface area (TPSA) is 54.4 Å². The fourth-order valence-electron chi connectivity index (χ4n) is 2.10. The van der Waals surface area contributed by atoms with Gasteiger partial charge in [-0.25, -0.2) is 8.42 Å². The molecule has 0 aliphatic heterocycles. The Hall–Kier alpha value is -1.13. The summed E-state index contributed by atoms with van der Waals surface area (Å²) in [5.74, 6) is 0.229. The van der Waals surface area contributed by atoms with Crippen LogP contribution < -0.4 is 0 Å². The number of aliphatic hydroxyl groups excluding tert-OH is 1. The first-order chi connectivity index (χ1) is 8.01. The Labute approximate surface area is 102 Å². The molecule has 17 heavy (non-hydrogen) atoms. The average molecular weight is 252 g/mol. The number of allylic oxidation sites excluding steroid dienone is 1. The van der Waals surface area contributed by atoms with Gasteiger partial charge >= 0.3 is 0 Å². The summed E-state index contributed by atoms with van der Waals surface area (Å²) in [5, 5.41) is 9.09. The van der Waals surface area contributed by atoms with E-state index in [2.05, 4.69) is 0 Å². The van der Waals surface area contributed by atoms with E-state index in [0.717, 1.165) is 0 Å². The van der Waals surface area contributed by atoms with Gasteiger partial charge in [0.05, 0.1) is 11.0 Å². The molecule has 0 saturated carbocycles. The molecule has 4 heteroatoms. The normalized spacial score (nSPS) is 29.2. The maximum Gasteiger partial charge on any atom is 0.187 e. The minimum absolute atomic E-state index is 0.229. The van der Waals surface area contributed by atoms with Gasteiger partial charge in [-0.3, -0.25) is 0 Å². The lowest BCUT2D eigenvalue weighted by Crippen LogP contribution is -2.36. The smallest absolute Gasteiger partial charge is 0.187 e. The lowest BCUT2D eigenvalue weighted by atomic mass is 9.95. The van der Waals surface area contributed by atoms with E-state index in [1.807, 2.05) is 13.0 Å². The third-order valence-electron chi connectivity index (χ3n) is 3.05. The highest BCUT2D eigenvalue weighted by atomic mass is 32.2. The van der Waals surface area contributed by atoms with Gasteiger partial charge in [0.15, 0.2) is 9.84 Å². The van der Waals surface area contributed by atoms with Gasteiger partial charge in [0.1, 0.15) is 5.25 Å². The van der Waals surface area contributed by atoms with Crippen LogP contribution in [0, 0.1) is 5.92 Å². The van der Waals surface area contributed by atoms with Gasteiger partial charge in [-0.15, -0.1) is 0 Å². The van der Waals surface area contributed by atoms with E-state index in [-0.39, 0.29) is 10.8 Å². The first-order valence-corrected chi connectivity index (χ1v) is 7.22. The summed E-state index contributed by atoms with van der Waals surface area (Å²) in [6.45, 7) is 1.96. The molecule has 1 aliphatic carbocycles. The Morgan fingerprint density at radius 2 is 1.82 bits per heavy atom. The second-order valence-corrected chi connectivity index (χ2v) is 6.59. The van der Waals surface area contributed by atoms with Crippen LogP contribution in [0.4, 0.5) is 0 Å². The van der Waals surface area contributed by atoms with Gasteiger partial charge in [0, 0.05) is 0 Å². The van der Waals surface area contributed by atoms with E-state index in [9.17, 15) is 13.5 Å². The average Bonchev–Trinajstić information content (AvgIpc) is 2.29. The van der Waals surface area contributed by atoms with Crippen molar-refractivity contribution in [2.24, 2.45) is 5.92 Å². The summed E-state index contributed by atoms with van der Waals surface area (Å²) in [6.07, 6.45) is 3.15. The SMILES string of the molecule is CC1C=CC(S(=O)(=O)c2ccccc2)[C@@H](O)C1. The van der Waals surface area contributed by atoms with Crippen molar-refractivity contribution in [1.29, 1.82) is 0 Å². The summed E-state index contributed by atoms with van der Waals surface area (Å²) in [4.78, 5) is 0.267. The zero-order chi connectivity index (χ0) is 12.5. The van der Waals surface area contributed by atoms with Crippen LogP contribution in [0.3, 0.4) is 0 Å². The highest BCUT2D eigenvalue weighted by Crippen LogP contribution is 2.26. The van der Waals surface area contributed by atoms with Crippen LogP contribution in [-0.2, 0) is 9.84 Å². The van der Waals surface area contributed by atoms with Gasteiger partial charge < -0.3 is 5.11 Å². The van der Waals surface area contributed by atoms with Crippen molar-refractivity contribution in [3.63, 3.8) is 0 Å². The molecule has 1 aromatic carbocycles. The van der Waals surface area contributed by atoms with Gasteiger partial charge in [-0.05, 0) is 24.5 Å². The molecule has 0 spiro atoms. The van der Waals surface area contributed by atoms with Crippen LogP contribution in [0.1, 0.15) is 13.3 Å². The van der Waals surface area contributed by atoms with Crippen molar-refractivity contribution in [2.75, 3.05) is 0 Å². The Morgan fingerprint density at radius 1 is 1.18 bits per heavy atom. The molecule has 0 radical (unpaired) electrons. The first-order valence-electron chi connectivity index (χ1n) is 5.67. The molecule has 1 aliphatic rings. The van der Waals surface area contributed by atoms with Crippen LogP contribution >= 0.6 is 0 Å². The number of aliphatic hydroxyl groups is 1. The van der Waals surface area contributed by atoms with Gasteiger partial charge in [-0.2, -0.15) is 0 Å². The van der Waals surface area contributed by atoms with Crippen LogP contribution in [0.2, 0.25) is 0 Å². The maximum absolute atomic E-state index is 12.3. The Balaban J connectivity index is 2.37. The zero-order valence-corrected chi connectivity index (χ0v) is 10.5. The lowest BCUT2D eigenvalue weighted by Gasteiger charge is -2.26. The summed E-state index contributed by atoms with van der Waals surface area (Å²) in [7, 11) is -3.47. The van der Waals surface area contributed by atoms with Crippen LogP contribution in [0.25, 0.3) is 0 Å². The highest BCUT2D eigenvalue weighted by Gasteiger charge is 2.34. The molecular weight excluding hydrogens is 236 g/mol. The summed E-state index contributed by atoms with van der Waals surface area (Å²) in [5.41, 5.74) is 0. The minimum atomic E-state index is -3.47. The predicted octanol–water partition coefficient (Wildman–Crippen LogP) is 1.79. The van der Waals surface area contributed by atoms with Crippen LogP contribution in [0.5, 0.6) is 0 Å². The molecule has 3 nitrogen and oxygen atoms in total. The van der Waals surface area contributed by atoms with Crippen molar-refractivity contribution in [3.05, 3.63) is 42.5 Å². The van der Waals surface area contributed by atoms with Crippen molar-refractivity contribution in [3.8, 4) is 0 Å². The van der Waals surface area contributed by atoms with Crippen LogP contribution in [0.15, 0.2) is 47.4 Å². The van der Waals surface area contributed by atoms with Crippen molar-refractivity contribution in [2.45, 2.75) is 29.6 Å². The Morgan fingerprint density at radius 3 is 2.41 bits per heavy atom. The molecule has 3 atom stereocenters. The van der Waals surface area contributed by atoms with Crippen LogP contribution in [-0.4, -0.2) is 24.9 Å². The van der Waals surface area contributed by atoms with Crippen molar-refractivity contribution in [1.82, 2.24) is 0 Å². The molecular formula is C13H16O3S. The fourth-order valence-corrected chi connectivity index (χ4v) is 3.77. The Bertz CT molecular complexity index is 505. The molecule has 0 saturated heterocycles. The number of hydrogen-bond donors (Lipinski definition) is 1. The fraction of sp³-hybridized carbons (Fsp3) is 0.385. The number of benzene rings is 1. The molecule has 2 unspecified atom stereocenters. The second kappa shape index (κ2) is 4.63. The van der Waals surface area contributed by atoms with Crippen molar-refractivity contribution >= 4 is 9.84 Å². The summed E-state index contributed by atoms with van der Waals surface area (Å²) < 4.78 is 24.6. The number of rotatable bonds is 2. The highest BCUT2D eigenvalue weighted by molar-refractivity contribution is 7.92. The van der Waals surface area contributed by atoms with E-state index in [0.29, 0.717) is 6.42 Å². The standard InChI is InChI=1S/C13H16O3S/c1-10-7-8-13(12(14)9-10)17(15,16)11-5-3-2-4-6-11/h2-8,10,12-14H,9H2,1H3/t10?,12-,13?/m0/s1. The van der Waals surface area contributed by atoms with Gasteiger partial charge in [0.2, 0.25) is 0 Å². The van der Waals surface area contributed by atoms with E-state index < -0.39 is 21.2 Å². The molecule has 92 valence electrons. The minimum Gasteiger partial charge on any atom is -0.391 e. The maximum atomic E-state index is 12.3. The lowest BCUT2D eigenvalue weighted by molar-refractivity contribution is 0.152. The molecule has 0 heterocycles. The third-order valence-corrected chi connectivity index (χ3v) is 5.17. The van der Waals surface area contributed by atoms with E-state index in [1.165, 1.54) is 0 Å². The predicted molar refractivity (Wildman–Crippen MR) is 66.3 cm³/mol. The number of sulfone groups is 1. The van der Waals surface area contributed by atoms with E-state index >= 15 is 0 Å². The van der Waals surface area contributed by atoms with E-state index in [1.54, 1.807) is 36.4 Å². The molecule has 1 N–H and O–H groups in total. The van der Waals surface area contributed by atoms with Gasteiger partial charge in [0.25, 0.3) is 0 Å². The monoisotopic (exact) mass is 252 g/mol. The molecule has 2 rings (SSSR count). The molecule has 0 fully saturated rings. The molecule has 0 aromatic heterocycles. The quantitative estimate of drug-likeness (QED) is 0.816. The van der Waals surface area contributed by atoms with E-state index in [4.69, 9.17) is 0 Å². The number of hydrogen-bond acceptors (Lipinski definition) is 3. The third kappa shape index (κ3) is 2.42.